The lowest BCUT2D eigenvalue weighted by Gasteiger charge is -2.19. The van der Waals surface area contributed by atoms with Crippen molar-refractivity contribution in [1.29, 1.82) is 0 Å². The van der Waals surface area contributed by atoms with Crippen molar-refractivity contribution in [3.8, 4) is 0 Å². The molecule has 2 aromatic rings. The molecule has 3 rings (SSSR count). The zero-order valence-electron chi connectivity index (χ0n) is 12.3. The minimum absolute atomic E-state index is 0.243. The lowest BCUT2D eigenvalue weighted by atomic mass is 10.3. The molecule has 1 fully saturated rings. The summed E-state index contributed by atoms with van der Waals surface area (Å²) >= 11 is 1.43. The Morgan fingerprint density at radius 2 is 2.14 bits per heavy atom. The van der Waals surface area contributed by atoms with E-state index in [0.29, 0.717) is 11.7 Å². The summed E-state index contributed by atoms with van der Waals surface area (Å²) in [5.74, 6) is 0. The average Bonchev–Trinajstić information content (AvgIpc) is 3.13. The molecule has 1 atom stereocenters. The Bertz CT molecular complexity index is 606. The van der Waals surface area contributed by atoms with Crippen LogP contribution in [0.3, 0.4) is 0 Å². The van der Waals surface area contributed by atoms with Gasteiger partial charge in [-0.05, 0) is 38.1 Å². The van der Waals surface area contributed by atoms with Gasteiger partial charge in [0.1, 0.15) is 0 Å². The number of rotatable bonds is 5. The van der Waals surface area contributed by atoms with Crippen molar-refractivity contribution in [1.82, 2.24) is 15.2 Å². The van der Waals surface area contributed by atoms with Crippen molar-refractivity contribution in [2.24, 2.45) is 0 Å². The summed E-state index contributed by atoms with van der Waals surface area (Å²) in [7, 11) is 0. The third-order valence-electron chi connectivity index (χ3n) is 3.68. The normalized spacial score (nSPS) is 16.8. The third kappa shape index (κ3) is 3.94. The van der Waals surface area contributed by atoms with Gasteiger partial charge in [-0.15, -0.1) is 0 Å². The van der Waals surface area contributed by atoms with Gasteiger partial charge in [0, 0.05) is 13.1 Å². The molecule has 2 amide bonds. The highest BCUT2D eigenvalue weighted by atomic mass is 32.1. The number of nitrogens with zero attached hydrogens (tertiary/aromatic N) is 2. The Morgan fingerprint density at radius 3 is 2.91 bits per heavy atom. The molecular formula is C15H20N4O2S. The molecule has 0 radical (unpaired) electrons. The van der Waals surface area contributed by atoms with Crippen LogP contribution in [0.5, 0.6) is 0 Å². The molecule has 22 heavy (non-hydrogen) atoms. The second-order valence-electron chi connectivity index (χ2n) is 5.48. The second-order valence-corrected chi connectivity index (χ2v) is 6.51. The molecule has 1 aliphatic rings. The van der Waals surface area contributed by atoms with Crippen LogP contribution in [0.2, 0.25) is 0 Å². The maximum Gasteiger partial charge on any atom is 0.321 e. The summed E-state index contributed by atoms with van der Waals surface area (Å²) in [6, 6.07) is 7.41. The molecule has 0 saturated carbocycles. The predicted octanol–water partition coefficient (Wildman–Crippen LogP) is 1.87. The van der Waals surface area contributed by atoms with E-state index in [-0.39, 0.29) is 12.6 Å². The Labute approximate surface area is 133 Å². The van der Waals surface area contributed by atoms with E-state index in [2.05, 4.69) is 20.5 Å². The molecule has 118 valence electrons. The molecular weight excluding hydrogens is 300 g/mol. The van der Waals surface area contributed by atoms with E-state index >= 15 is 0 Å². The number of hydrogen-bond donors (Lipinski definition) is 3. The number of likely N-dealkylation sites (tertiary alicyclic amines) is 1. The van der Waals surface area contributed by atoms with Crippen LogP contribution < -0.4 is 10.6 Å². The second kappa shape index (κ2) is 7.04. The Hall–Kier alpha value is -1.70. The van der Waals surface area contributed by atoms with Crippen molar-refractivity contribution in [3.63, 3.8) is 0 Å². The quantitative estimate of drug-likeness (QED) is 0.786. The maximum absolute atomic E-state index is 11.9. The van der Waals surface area contributed by atoms with Gasteiger partial charge in [-0.25, -0.2) is 9.78 Å². The average molecular weight is 320 g/mol. The smallest absolute Gasteiger partial charge is 0.321 e. The molecule has 7 heteroatoms. The van der Waals surface area contributed by atoms with E-state index in [4.69, 9.17) is 0 Å². The molecule has 0 spiro atoms. The highest BCUT2D eigenvalue weighted by molar-refractivity contribution is 7.22. The molecule has 1 unspecified atom stereocenters. The predicted molar refractivity (Wildman–Crippen MR) is 88.3 cm³/mol. The van der Waals surface area contributed by atoms with Gasteiger partial charge in [0.05, 0.1) is 16.3 Å². The fraction of sp³-hybridized carbons (Fsp3) is 0.467. The van der Waals surface area contributed by atoms with Crippen molar-refractivity contribution < 1.29 is 9.90 Å². The first-order valence-corrected chi connectivity index (χ1v) is 8.33. The fourth-order valence-electron chi connectivity index (χ4n) is 2.61. The molecule has 1 aromatic carbocycles. The topological polar surface area (TPSA) is 77.5 Å². The number of hydrogen-bond acceptors (Lipinski definition) is 5. The van der Waals surface area contributed by atoms with Crippen molar-refractivity contribution in [3.05, 3.63) is 24.3 Å². The van der Waals surface area contributed by atoms with E-state index in [1.165, 1.54) is 24.2 Å². The van der Waals surface area contributed by atoms with Gasteiger partial charge in [-0.1, -0.05) is 23.5 Å². The van der Waals surface area contributed by atoms with Gasteiger partial charge in [0.15, 0.2) is 5.13 Å². The number of urea groups is 1. The summed E-state index contributed by atoms with van der Waals surface area (Å²) < 4.78 is 1.03. The molecule has 1 saturated heterocycles. The number of thiazole rings is 1. The molecule has 3 N–H and O–H groups in total. The van der Waals surface area contributed by atoms with Crippen LogP contribution in [0.4, 0.5) is 9.93 Å². The zero-order chi connectivity index (χ0) is 15.4. The zero-order valence-corrected chi connectivity index (χ0v) is 13.1. The minimum atomic E-state index is -0.542. The highest BCUT2D eigenvalue weighted by Gasteiger charge is 2.16. The highest BCUT2D eigenvalue weighted by Crippen LogP contribution is 2.25. The summed E-state index contributed by atoms with van der Waals surface area (Å²) in [6.07, 6.45) is 1.84. The maximum atomic E-state index is 11.9. The van der Waals surface area contributed by atoms with E-state index in [1.807, 2.05) is 24.3 Å². The minimum Gasteiger partial charge on any atom is -0.390 e. The van der Waals surface area contributed by atoms with Crippen LogP contribution in [0.15, 0.2) is 24.3 Å². The molecule has 0 aliphatic carbocycles. The third-order valence-corrected chi connectivity index (χ3v) is 4.63. The Morgan fingerprint density at radius 1 is 1.36 bits per heavy atom. The summed E-state index contributed by atoms with van der Waals surface area (Å²) in [4.78, 5) is 18.4. The van der Waals surface area contributed by atoms with Crippen molar-refractivity contribution in [2.75, 3.05) is 31.5 Å². The lowest BCUT2D eigenvalue weighted by molar-refractivity contribution is 0.125. The first-order chi connectivity index (χ1) is 10.7. The Kier molecular flexibility index (Phi) is 4.87. The summed E-state index contributed by atoms with van der Waals surface area (Å²) in [5.41, 5.74) is 0.872. The molecule has 1 aliphatic heterocycles. The summed E-state index contributed by atoms with van der Waals surface area (Å²) in [5, 5.41) is 15.9. The number of fused-ring (bicyclic) bond motifs is 1. The van der Waals surface area contributed by atoms with Gasteiger partial charge >= 0.3 is 6.03 Å². The molecule has 6 nitrogen and oxygen atoms in total. The first-order valence-electron chi connectivity index (χ1n) is 7.51. The number of aromatic nitrogens is 1. The summed E-state index contributed by atoms with van der Waals surface area (Å²) in [6.45, 7) is 2.93. The first kappa shape index (κ1) is 15.2. The SMILES string of the molecule is O=C(NCC(O)CN1CCCC1)Nc1nc2ccccc2s1. The van der Waals surface area contributed by atoms with Crippen LogP contribution in [0.1, 0.15) is 12.8 Å². The van der Waals surface area contributed by atoms with Gasteiger partial charge < -0.3 is 15.3 Å². The van der Waals surface area contributed by atoms with Gasteiger partial charge in [0.2, 0.25) is 0 Å². The molecule has 0 bridgehead atoms. The molecule has 1 aromatic heterocycles. The van der Waals surface area contributed by atoms with Gasteiger partial charge in [-0.2, -0.15) is 0 Å². The van der Waals surface area contributed by atoms with Gasteiger partial charge in [0.25, 0.3) is 0 Å². The van der Waals surface area contributed by atoms with Gasteiger partial charge in [-0.3, -0.25) is 5.32 Å². The Balaban J connectivity index is 1.45. The number of β-amino-alcohol motifs (C(OH)–C–C–N with tert-alkyl or cyclic N) is 1. The van der Waals surface area contributed by atoms with E-state index in [1.54, 1.807) is 0 Å². The number of para-hydroxylation sites is 1. The number of amides is 2. The van der Waals surface area contributed by atoms with E-state index in [0.717, 1.165) is 23.3 Å². The number of benzene rings is 1. The van der Waals surface area contributed by atoms with Crippen LogP contribution in [0, 0.1) is 0 Å². The molecule has 2 heterocycles. The number of nitrogens with one attached hydrogen (secondary N) is 2. The van der Waals surface area contributed by atoms with Crippen LogP contribution in [-0.4, -0.2) is 53.3 Å². The number of carbonyl (C=O) groups excluding carboxylic acids is 1. The lowest BCUT2D eigenvalue weighted by Crippen LogP contribution is -2.40. The van der Waals surface area contributed by atoms with Crippen LogP contribution >= 0.6 is 11.3 Å². The number of anilines is 1. The number of aliphatic hydroxyl groups is 1. The van der Waals surface area contributed by atoms with Crippen LogP contribution in [0.25, 0.3) is 10.2 Å². The largest absolute Gasteiger partial charge is 0.390 e. The van der Waals surface area contributed by atoms with Crippen molar-refractivity contribution in [2.45, 2.75) is 18.9 Å². The number of carbonyl (C=O) groups is 1. The number of aliphatic hydroxyl groups excluding tert-OH is 1. The fourth-order valence-corrected chi connectivity index (χ4v) is 3.47. The monoisotopic (exact) mass is 320 g/mol. The van der Waals surface area contributed by atoms with Crippen LogP contribution in [-0.2, 0) is 0 Å². The standard InChI is InChI=1S/C15H20N4O2S/c20-11(10-19-7-3-4-8-19)9-16-14(21)18-15-17-12-5-1-2-6-13(12)22-15/h1-2,5-6,11,20H,3-4,7-10H2,(H2,16,17,18,21). The van der Waals surface area contributed by atoms with E-state index in [9.17, 15) is 9.90 Å². The van der Waals surface area contributed by atoms with Crippen molar-refractivity contribution >= 4 is 32.7 Å². The van der Waals surface area contributed by atoms with E-state index < -0.39 is 6.10 Å².